The monoisotopic (exact) mass is 652 g/mol. The first-order chi connectivity index (χ1) is 21.2. The molecule has 11 heteroatoms. The van der Waals surface area contributed by atoms with Crippen LogP contribution in [0.1, 0.15) is 64.9 Å². The number of hydrogen-bond acceptors (Lipinski definition) is 7. The zero-order valence-corrected chi connectivity index (χ0v) is 28.0. The molecule has 8 nitrogen and oxygen atoms in total. The lowest BCUT2D eigenvalue weighted by molar-refractivity contribution is -0.122. The van der Waals surface area contributed by atoms with Crippen molar-refractivity contribution in [3.05, 3.63) is 71.3 Å². The van der Waals surface area contributed by atoms with E-state index in [-0.39, 0.29) is 23.0 Å². The van der Waals surface area contributed by atoms with E-state index < -0.39 is 10.0 Å². The lowest BCUT2D eigenvalue weighted by atomic mass is 10.1. The van der Waals surface area contributed by atoms with Gasteiger partial charge in [-0.25, -0.2) is 13.1 Å². The summed E-state index contributed by atoms with van der Waals surface area (Å²) in [7, 11) is -3.76. The zero-order valence-electron chi connectivity index (χ0n) is 25.5. The third-order valence-corrected chi connectivity index (χ3v) is 11.0. The van der Waals surface area contributed by atoms with Gasteiger partial charge in [-0.1, -0.05) is 93.3 Å². The van der Waals surface area contributed by atoms with Gasteiger partial charge >= 0.3 is 0 Å². The SMILES string of the molecule is CCCCCCCCN1C(=O)/C(=C/c2cn(-c3ccccc3)nc2-c2cccc(S(=O)(=O)N3CC(C)OC(C)C3)c2)SC1=S. The van der Waals surface area contributed by atoms with E-state index >= 15 is 0 Å². The van der Waals surface area contributed by atoms with Crippen molar-refractivity contribution in [3.8, 4) is 16.9 Å². The predicted octanol–water partition coefficient (Wildman–Crippen LogP) is 6.90. The van der Waals surface area contributed by atoms with E-state index in [2.05, 4.69) is 6.92 Å². The molecule has 3 heterocycles. The van der Waals surface area contributed by atoms with Gasteiger partial charge in [-0.2, -0.15) is 9.40 Å². The molecule has 0 saturated carbocycles. The number of benzene rings is 2. The van der Waals surface area contributed by atoms with Crippen molar-refractivity contribution in [1.82, 2.24) is 19.0 Å². The molecule has 3 aromatic rings. The number of carbonyl (C=O) groups excluding carboxylic acids is 1. The number of morpholine rings is 1. The first-order valence-electron chi connectivity index (χ1n) is 15.3. The standard InChI is InChI=1S/C33H40N4O4S3/c1-4-5-6-7-8-12-18-36-32(38)30(43-33(36)42)20-27-23-37(28-15-10-9-11-16-28)34-31(27)26-14-13-17-29(19-26)44(39,40)35-21-24(2)41-25(3)22-35/h9-11,13-17,19-20,23-25H,4-8,12,18,21-22H2,1-3H3/b30-20-. The van der Waals surface area contributed by atoms with Crippen LogP contribution in [0.4, 0.5) is 0 Å². The molecule has 2 aromatic carbocycles. The number of sulfonamides is 1. The summed E-state index contributed by atoms with van der Waals surface area (Å²) in [6.07, 6.45) is 10.1. The fourth-order valence-electron chi connectivity index (χ4n) is 5.59. The zero-order chi connectivity index (χ0) is 31.3. The van der Waals surface area contributed by atoms with Crippen molar-refractivity contribution >= 4 is 50.3 Å². The lowest BCUT2D eigenvalue weighted by Gasteiger charge is -2.34. The molecule has 2 atom stereocenters. The second-order valence-corrected chi connectivity index (χ2v) is 15.0. The Hall–Kier alpha value is -2.83. The molecule has 0 radical (unpaired) electrons. The fourth-order valence-corrected chi connectivity index (χ4v) is 8.53. The summed E-state index contributed by atoms with van der Waals surface area (Å²) in [5.41, 5.74) is 2.78. The second kappa shape index (κ2) is 14.5. The second-order valence-electron chi connectivity index (χ2n) is 11.4. The number of unbranched alkanes of at least 4 members (excludes halogenated alkanes) is 5. The maximum Gasteiger partial charge on any atom is 0.266 e. The molecule has 1 aromatic heterocycles. The van der Waals surface area contributed by atoms with Crippen molar-refractivity contribution in [3.63, 3.8) is 0 Å². The fraction of sp³-hybridized carbons (Fsp3) is 0.424. The molecular formula is C33H40N4O4S3. The van der Waals surface area contributed by atoms with Gasteiger partial charge in [0.15, 0.2) is 0 Å². The predicted molar refractivity (Wildman–Crippen MR) is 181 cm³/mol. The average molecular weight is 653 g/mol. The molecular weight excluding hydrogens is 613 g/mol. The number of para-hydroxylation sites is 1. The van der Waals surface area contributed by atoms with E-state index in [0.717, 1.165) is 18.5 Å². The summed E-state index contributed by atoms with van der Waals surface area (Å²) >= 11 is 6.90. The Labute approximate surface area is 270 Å². The quantitative estimate of drug-likeness (QED) is 0.120. The summed E-state index contributed by atoms with van der Waals surface area (Å²) in [4.78, 5) is 15.9. The van der Waals surface area contributed by atoms with E-state index in [9.17, 15) is 13.2 Å². The minimum absolute atomic E-state index is 0.0983. The molecule has 2 unspecified atom stereocenters. The number of hydrogen-bond donors (Lipinski definition) is 0. The third-order valence-electron chi connectivity index (χ3n) is 7.79. The highest BCUT2D eigenvalue weighted by atomic mass is 32.2. The van der Waals surface area contributed by atoms with Crippen LogP contribution in [0.25, 0.3) is 23.0 Å². The van der Waals surface area contributed by atoms with Gasteiger partial charge in [-0.05, 0) is 50.6 Å². The van der Waals surface area contributed by atoms with Gasteiger partial charge < -0.3 is 4.74 Å². The molecule has 44 heavy (non-hydrogen) atoms. The minimum Gasteiger partial charge on any atom is -0.373 e. The normalized spacial score (nSPS) is 20.6. The van der Waals surface area contributed by atoms with Gasteiger partial charge in [0.2, 0.25) is 10.0 Å². The van der Waals surface area contributed by atoms with E-state index in [1.807, 2.05) is 62.5 Å². The van der Waals surface area contributed by atoms with Crippen LogP contribution < -0.4 is 0 Å². The van der Waals surface area contributed by atoms with E-state index in [1.54, 1.807) is 27.8 Å². The Morgan fingerprint density at radius 3 is 2.43 bits per heavy atom. The number of nitrogens with zero attached hydrogens (tertiary/aromatic N) is 4. The molecule has 1 amide bonds. The van der Waals surface area contributed by atoms with Gasteiger partial charge in [-0.3, -0.25) is 9.69 Å². The Morgan fingerprint density at radius 1 is 1.00 bits per heavy atom. The third kappa shape index (κ3) is 7.51. The molecule has 2 fully saturated rings. The van der Waals surface area contributed by atoms with Gasteiger partial charge in [0.25, 0.3) is 5.91 Å². The van der Waals surface area contributed by atoms with Crippen LogP contribution in [0.15, 0.2) is 70.6 Å². The maximum atomic E-state index is 13.7. The van der Waals surface area contributed by atoms with Crippen molar-refractivity contribution in [2.75, 3.05) is 19.6 Å². The van der Waals surface area contributed by atoms with Crippen molar-refractivity contribution < 1.29 is 17.9 Å². The molecule has 5 rings (SSSR count). The van der Waals surface area contributed by atoms with Crippen molar-refractivity contribution in [2.45, 2.75) is 76.4 Å². The summed E-state index contributed by atoms with van der Waals surface area (Å²) in [6, 6.07) is 16.6. The first kappa shape index (κ1) is 32.6. The Morgan fingerprint density at radius 2 is 1.70 bits per heavy atom. The Kier molecular flexibility index (Phi) is 10.7. The number of aromatic nitrogens is 2. The largest absolute Gasteiger partial charge is 0.373 e. The van der Waals surface area contributed by atoms with Gasteiger partial charge in [-0.15, -0.1) is 0 Å². The topological polar surface area (TPSA) is 84.7 Å². The number of amides is 1. The molecule has 0 N–H and O–H groups in total. The average Bonchev–Trinajstić information content (AvgIpc) is 3.55. The highest BCUT2D eigenvalue weighted by molar-refractivity contribution is 8.26. The van der Waals surface area contributed by atoms with Gasteiger partial charge in [0.1, 0.15) is 10.0 Å². The van der Waals surface area contributed by atoms with Crippen LogP contribution in [0.3, 0.4) is 0 Å². The summed E-state index contributed by atoms with van der Waals surface area (Å²) in [5, 5.41) is 4.88. The molecule has 2 aliphatic rings. The van der Waals surface area contributed by atoms with Gasteiger partial charge in [0, 0.05) is 37.0 Å². The lowest BCUT2D eigenvalue weighted by Crippen LogP contribution is -2.48. The van der Waals surface area contributed by atoms with Gasteiger partial charge in [0.05, 0.1) is 27.7 Å². The smallest absolute Gasteiger partial charge is 0.266 e. The molecule has 2 saturated heterocycles. The highest BCUT2D eigenvalue weighted by Crippen LogP contribution is 2.36. The number of thiocarbonyl (C=S) groups is 1. The number of rotatable bonds is 12. The number of carbonyl (C=O) groups is 1. The maximum absolute atomic E-state index is 13.7. The summed E-state index contributed by atoms with van der Waals surface area (Å²) in [5.74, 6) is -0.0983. The van der Waals surface area contributed by atoms with Crippen LogP contribution in [0.5, 0.6) is 0 Å². The van der Waals surface area contributed by atoms with Crippen LogP contribution in [-0.4, -0.2) is 69.5 Å². The van der Waals surface area contributed by atoms with Crippen molar-refractivity contribution in [2.24, 2.45) is 0 Å². The summed E-state index contributed by atoms with van der Waals surface area (Å²) < 4.78 is 37.0. The van der Waals surface area contributed by atoms with E-state index in [1.165, 1.54) is 41.8 Å². The van der Waals surface area contributed by atoms with Crippen LogP contribution >= 0.6 is 24.0 Å². The number of ether oxygens (including phenoxy) is 1. The molecule has 0 bridgehead atoms. The van der Waals surface area contributed by atoms with Crippen molar-refractivity contribution in [1.29, 1.82) is 0 Å². The Balaban J connectivity index is 1.45. The molecule has 0 aliphatic carbocycles. The minimum atomic E-state index is -3.76. The van der Waals surface area contributed by atoms with E-state index in [4.69, 9.17) is 22.1 Å². The Bertz CT molecular complexity index is 1610. The highest BCUT2D eigenvalue weighted by Gasteiger charge is 2.34. The van der Waals surface area contributed by atoms with E-state index in [0.29, 0.717) is 45.7 Å². The first-order valence-corrected chi connectivity index (χ1v) is 18.0. The van der Waals surface area contributed by atoms with Crippen LogP contribution in [0.2, 0.25) is 0 Å². The molecule has 2 aliphatic heterocycles. The van der Waals surface area contributed by atoms with Crippen LogP contribution in [-0.2, 0) is 19.6 Å². The number of thioether (sulfide) groups is 1. The summed E-state index contributed by atoms with van der Waals surface area (Å²) in [6.45, 7) is 7.17. The molecule has 234 valence electrons. The van der Waals surface area contributed by atoms with Crippen LogP contribution in [0, 0.1) is 0 Å². The molecule has 0 spiro atoms.